The van der Waals surface area contributed by atoms with E-state index in [1.54, 1.807) is 25.1 Å². The molecule has 0 bridgehead atoms. The molecule has 54 heavy (non-hydrogen) atoms. The van der Waals surface area contributed by atoms with E-state index in [2.05, 4.69) is 35.3 Å². The van der Waals surface area contributed by atoms with Crippen LogP contribution in [0.15, 0.2) is 87.9 Å². The van der Waals surface area contributed by atoms with Crippen LogP contribution < -0.4 is 30.1 Å². The molecule has 0 saturated carbocycles. The molecular formula is C36H34N8O7S3. The number of ether oxygens (including phenoxy) is 2. The summed E-state index contributed by atoms with van der Waals surface area (Å²) in [6, 6.07) is 20.1. The lowest BCUT2D eigenvalue weighted by molar-refractivity contribution is -0.123. The number of anilines is 3. The summed E-state index contributed by atoms with van der Waals surface area (Å²) in [7, 11) is -2.26. The average molecular weight is 787 g/mol. The van der Waals surface area contributed by atoms with Crippen LogP contribution in [0.25, 0.3) is 21.1 Å². The Morgan fingerprint density at radius 3 is 2.26 bits per heavy atom. The Kier molecular flexibility index (Phi) is 11.3. The van der Waals surface area contributed by atoms with Crippen molar-refractivity contribution in [1.82, 2.24) is 14.1 Å². The van der Waals surface area contributed by atoms with Crippen LogP contribution in [0.1, 0.15) is 37.4 Å². The lowest BCUT2D eigenvalue weighted by Gasteiger charge is -2.22. The minimum Gasteiger partial charge on any atom is -0.495 e. The van der Waals surface area contributed by atoms with Crippen molar-refractivity contribution in [3.8, 4) is 11.5 Å². The number of benzene rings is 4. The molecule has 3 amide bonds. The summed E-state index contributed by atoms with van der Waals surface area (Å²) in [6.45, 7) is 6.36. The van der Waals surface area contributed by atoms with Crippen LogP contribution in [0.3, 0.4) is 0 Å². The summed E-state index contributed by atoms with van der Waals surface area (Å²) in [5, 5.41) is 18.1. The molecule has 1 unspecified atom stereocenters. The number of rotatable bonds is 13. The highest BCUT2D eigenvalue weighted by Gasteiger charge is 2.30. The van der Waals surface area contributed by atoms with Crippen LogP contribution >= 0.6 is 22.9 Å². The summed E-state index contributed by atoms with van der Waals surface area (Å²) in [5.41, 5.74) is 2.77. The van der Waals surface area contributed by atoms with E-state index in [1.165, 1.54) is 56.6 Å². The predicted molar refractivity (Wildman–Crippen MR) is 209 cm³/mol. The van der Waals surface area contributed by atoms with Crippen molar-refractivity contribution in [3.63, 3.8) is 0 Å². The largest absolute Gasteiger partial charge is 0.495 e. The molecule has 18 heteroatoms. The Hall–Kier alpha value is -5.82. The van der Waals surface area contributed by atoms with Gasteiger partial charge in [-0.3, -0.25) is 14.4 Å². The van der Waals surface area contributed by atoms with Crippen LogP contribution in [-0.4, -0.2) is 49.2 Å². The van der Waals surface area contributed by atoms with Gasteiger partial charge in [-0.25, -0.2) is 18.1 Å². The third kappa shape index (κ3) is 8.52. The van der Waals surface area contributed by atoms with Gasteiger partial charge in [0.25, 0.3) is 5.91 Å². The minimum atomic E-state index is -3.75. The first-order valence-corrected chi connectivity index (χ1v) is 19.4. The monoisotopic (exact) mass is 786 g/mol. The first kappa shape index (κ1) is 37.9. The number of nitrogens with one attached hydrogen (secondary N) is 4. The maximum Gasteiger partial charge on any atom is 0.272 e. The van der Waals surface area contributed by atoms with Crippen LogP contribution in [0, 0.1) is 6.92 Å². The molecule has 2 aromatic heterocycles. The Morgan fingerprint density at radius 2 is 1.59 bits per heavy atom. The first-order valence-electron chi connectivity index (χ1n) is 16.4. The van der Waals surface area contributed by atoms with Gasteiger partial charge in [-0.1, -0.05) is 25.1 Å². The highest BCUT2D eigenvalue weighted by Crippen LogP contribution is 2.43. The molecule has 1 atom stereocenters. The molecule has 0 aliphatic rings. The van der Waals surface area contributed by atoms with Crippen LogP contribution in [0.4, 0.5) is 27.8 Å². The van der Waals surface area contributed by atoms with Gasteiger partial charge in [0, 0.05) is 25.8 Å². The molecule has 15 nitrogen and oxygen atoms in total. The Balaban J connectivity index is 1.43. The maximum absolute atomic E-state index is 14.2. The second-order valence-electron chi connectivity index (χ2n) is 11.8. The number of azo groups is 1. The molecule has 4 aromatic carbocycles. The zero-order valence-corrected chi connectivity index (χ0v) is 32.0. The molecular weight excluding hydrogens is 753 g/mol. The number of fused-ring (bicyclic) bond motifs is 2. The summed E-state index contributed by atoms with van der Waals surface area (Å²) >= 11 is 2.26. The number of carbonyl (C=O) groups excluding carboxylic acids is 3. The summed E-state index contributed by atoms with van der Waals surface area (Å²) in [5.74, 6) is -1.17. The average Bonchev–Trinajstić information content (AvgIpc) is 3.74. The van der Waals surface area contributed by atoms with Gasteiger partial charge in [0.2, 0.25) is 27.9 Å². The molecule has 2 heterocycles. The highest BCUT2D eigenvalue weighted by molar-refractivity contribution is 7.89. The minimum absolute atomic E-state index is 0.0449. The normalized spacial score (nSPS) is 12.2. The standard InChI is InChI=1S/C36H34N8O7S3/c1-6-37-54(48,49)23-12-13-25-24(18-23)35(53-44-25)43-42-22-16-28(38-20(3)45)32(29(17-22)39-21(4)46)51-33(36-41-26-9-7-8-10-31(26)52-36)34(47)40-27-15-19(2)11-14-30(27)50-5/h7-18,33,37H,6H2,1-5H3,(H,38,45)(H,39,46)(H,40,47). The summed E-state index contributed by atoms with van der Waals surface area (Å²) in [4.78, 5) is 44.0. The third-order valence-electron chi connectivity index (χ3n) is 7.65. The predicted octanol–water partition coefficient (Wildman–Crippen LogP) is 7.61. The van der Waals surface area contributed by atoms with Gasteiger partial charge in [-0.15, -0.1) is 21.6 Å². The SMILES string of the molecule is CCNS(=O)(=O)c1ccc2nsc(N=Nc3cc(NC(C)=O)c(OC(C(=O)Nc4cc(C)ccc4OC)c4nc5ccccc5s4)c(NC(C)=O)c3)c2c1. The topological polar surface area (TPSA) is 202 Å². The van der Waals surface area contributed by atoms with Gasteiger partial charge in [-0.2, -0.15) is 4.37 Å². The molecule has 278 valence electrons. The molecule has 4 N–H and O–H groups in total. The van der Waals surface area contributed by atoms with E-state index < -0.39 is 33.8 Å². The fourth-order valence-corrected chi connectivity index (χ4v) is 8.09. The number of aryl methyl sites for hydroxylation is 1. The highest BCUT2D eigenvalue weighted by atomic mass is 32.2. The summed E-state index contributed by atoms with van der Waals surface area (Å²) < 4.78 is 44.9. The van der Waals surface area contributed by atoms with Crippen LogP contribution in [0.2, 0.25) is 0 Å². The van der Waals surface area contributed by atoms with E-state index in [4.69, 9.17) is 14.5 Å². The number of aromatic nitrogens is 2. The second-order valence-corrected chi connectivity index (χ2v) is 15.4. The third-order valence-corrected chi connectivity index (χ3v) is 11.0. The number of amides is 3. The van der Waals surface area contributed by atoms with Gasteiger partial charge in [0.1, 0.15) is 10.8 Å². The molecule has 0 radical (unpaired) electrons. The Bertz CT molecular complexity index is 2480. The lowest BCUT2D eigenvalue weighted by atomic mass is 10.2. The van der Waals surface area contributed by atoms with E-state index >= 15 is 0 Å². The van der Waals surface area contributed by atoms with Gasteiger partial charge < -0.3 is 25.4 Å². The van der Waals surface area contributed by atoms with E-state index in [-0.39, 0.29) is 34.3 Å². The number of carbonyl (C=O) groups is 3. The Morgan fingerprint density at radius 1 is 0.870 bits per heavy atom. The van der Waals surface area contributed by atoms with Crippen molar-refractivity contribution in [2.24, 2.45) is 10.2 Å². The van der Waals surface area contributed by atoms with E-state index in [1.807, 2.05) is 37.3 Å². The van der Waals surface area contributed by atoms with Crippen LogP contribution in [-0.2, 0) is 24.4 Å². The number of sulfonamides is 1. The Labute approximate surface area is 318 Å². The van der Waals surface area contributed by atoms with Gasteiger partial charge in [0.15, 0.2) is 10.8 Å². The fourth-order valence-electron chi connectivity index (χ4n) is 5.34. The number of thiazole rings is 1. The molecule has 0 aliphatic heterocycles. The van der Waals surface area contributed by atoms with Gasteiger partial charge in [0.05, 0.1) is 50.5 Å². The number of hydrogen-bond donors (Lipinski definition) is 4. The second kappa shape index (κ2) is 16.0. The molecule has 0 fully saturated rings. The van der Waals surface area contributed by atoms with Crippen molar-refractivity contribution in [2.45, 2.75) is 38.7 Å². The number of hydrogen-bond acceptors (Lipinski definition) is 13. The number of para-hydroxylation sites is 1. The van der Waals surface area contributed by atoms with Gasteiger partial charge >= 0.3 is 0 Å². The number of nitrogens with zero attached hydrogens (tertiary/aromatic N) is 4. The van der Waals surface area contributed by atoms with Crippen LogP contribution in [0.5, 0.6) is 11.5 Å². The molecule has 0 aliphatic carbocycles. The molecule has 0 spiro atoms. The van der Waals surface area contributed by atoms with Crippen molar-refractivity contribution in [2.75, 3.05) is 29.6 Å². The van der Waals surface area contributed by atoms with Crippen molar-refractivity contribution < 1.29 is 32.3 Å². The zero-order chi connectivity index (χ0) is 38.6. The van der Waals surface area contributed by atoms with Crippen molar-refractivity contribution in [3.05, 3.63) is 83.4 Å². The quantitative estimate of drug-likeness (QED) is 0.0850. The fraction of sp³-hybridized carbons (Fsp3) is 0.194. The maximum atomic E-state index is 14.2. The number of methoxy groups -OCH3 is 1. The molecule has 6 rings (SSSR count). The van der Waals surface area contributed by atoms with E-state index in [0.29, 0.717) is 37.9 Å². The van der Waals surface area contributed by atoms with E-state index in [0.717, 1.165) is 21.8 Å². The van der Waals surface area contributed by atoms with Crippen molar-refractivity contribution in [1.29, 1.82) is 0 Å². The zero-order valence-electron chi connectivity index (χ0n) is 29.6. The van der Waals surface area contributed by atoms with E-state index in [9.17, 15) is 22.8 Å². The molecule has 0 saturated heterocycles. The molecule has 6 aromatic rings. The smallest absolute Gasteiger partial charge is 0.272 e. The van der Waals surface area contributed by atoms with Gasteiger partial charge in [-0.05, 0) is 78.6 Å². The lowest BCUT2D eigenvalue weighted by Crippen LogP contribution is -2.27. The van der Waals surface area contributed by atoms with Crippen molar-refractivity contribution >= 4 is 99.5 Å². The summed E-state index contributed by atoms with van der Waals surface area (Å²) in [6.07, 6.45) is -1.38. The first-order chi connectivity index (χ1) is 25.8.